The van der Waals surface area contributed by atoms with Gasteiger partial charge in [0.15, 0.2) is 0 Å². The molecule has 122 valence electrons. The number of rotatable bonds is 1. The van der Waals surface area contributed by atoms with Crippen LogP contribution in [0.1, 0.15) is 11.1 Å². The minimum absolute atomic E-state index is 0. The van der Waals surface area contributed by atoms with Crippen LogP contribution in [0.15, 0.2) is 79.1 Å². The smallest absolute Gasteiger partial charge is 0.342 e. The van der Waals surface area contributed by atoms with Gasteiger partial charge in [0.05, 0.1) is 0 Å². The third-order valence-corrected chi connectivity index (χ3v) is 3.82. The molecule has 0 aliphatic heterocycles. The molecule has 0 N–H and O–H groups in total. The third kappa shape index (κ3) is 5.33. The van der Waals surface area contributed by atoms with Gasteiger partial charge in [0.1, 0.15) is 0 Å². The van der Waals surface area contributed by atoms with E-state index >= 15 is 0 Å². The van der Waals surface area contributed by atoms with Crippen LogP contribution in [0.4, 0.5) is 0 Å². The van der Waals surface area contributed by atoms with Gasteiger partial charge in [-0.2, -0.15) is 17.2 Å². The largest absolute Gasteiger partial charge is 2.00 e. The van der Waals surface area contributed by atoms with Gasteiger partial charge in [0.2, 0.25) is 0 Å². The number of nitrogens with zero attached hydrogens (tertiary/aromatic N) is 1. The van der Waals surface area contributed by atoms with Gasteiger partial charge in [-0.05, 0) is 17.8 Å². The number of aryl methyl sites for hydroxylation is 2. The third-order valence-electron chi connectivity index (χ3n) is 3.82. The van der Waals surface area contributed by atoms with Crippen LogP contribution >= 0.6 is 11.6 Å². The molecule has 0 spiro atoms. The summed E-state index contributed by atoms with van der Waals surface area (Å²) in [7, 11) is 0. The molecule has 0 saturated carbocycles. The van der Waals surface area contributed by atoms with Crippen molar-refractivity contribution in [3.05, 3.63) is 90.3 Å². The van der Waals surface area contributed by atoms with Gasteiger partial charge in [0.25, 0.3) is 0 Å². The Balaban J connectivity index is 0.000000247. The van der Waals surface area contributed by atoms with Crippen molar-refractivity contribution in [1.29, 1.82) is 0 Å². The van der Waals surface area contributed by atoms with Gasteiger partial charge >= 0.3 is 26.2 Å². The molecule has 0 aliphatic carbocycles. The Morgan fingerprint density at radius 3 is 2.12 bits per heavy atom. The summed E-state index contributed by atoms with van der Waals surface area (Å²) in [4.78, 5) is 0. The normalized spacial score (nSPS) is 9.33. The van der Waals surface area contributed by atoms with E-state index in [1.54, 1.807) is 0 Å². The Morgan fingerprint density at radius 1 is 0.958 bits per heavy atom. The molecule has 0 saturated heterocycles. The van der Waals surface area contributed by atoms with Crippen LogP contribution in [0.2, 0.25) is 0 Å². The Labute approximate surface area is 168 Å². The fourth-order valence-corrected chi connectivity index (χ4v) is 2.39. The molecule has 4 rings (SSSR count). The zero-order valence-corrected chi connectivity index (χ0v) is 17.5. The molecule has 0 unspecified atom stereocenters. The van der Waals surface area contributed by atoms with E-state index < -0.39 is 0 Å². The van der Waals surface area contributed by atoms with Crippen molar-refractivity contribution in [2.45, 2.75) is 13.8 Å². The molecular formula is C21H22ClNZr. The monoisotopic (exact) mass is 413 g/mol. The van der Waals surface area contributed by atoms with Crippen molar-refractivity contribution >= 4 is 22.4 Å². The standard InChI is InChI=1S/C13H10N.C7H9.CH3Cl.Zr/c1-2-6-12-10-13(9-11(12)5-1)14-7-3-4-8-14;1-6-4-3-5-7(6)2;1-2;/h1-10H;3-5H,1-2H3;1H3;/q2*-1;;+2. The fraction of sp³-hybridized carbons (Fsp3) is 0.143. The van der Waals surface area contributed by atoms with E-state index in [2.05, 4.69) is 97.0 Å². The quantitative estimate of drug-likeness (QED) is 0.257. The first kappa shape index (κ1) is 20.7. The van der Waals surface area contributed by atoms with Crippen molar-refractivity contribution in [2.24, 2.45) is 0 Å². The van der Waals surface area contributed by atoms with Crippen LogP contribution in [0.5, 0.6) is 0 Å². The molecular weight excluding hydrogens is 393 g/mol. The zero-order valence-electron chi connectivity index (χ0n) is 14.3. The first-order valence-corrected chi connectivity index (χ1v) is 8.35. The predicted octanol–water partition coefficient (Wildman–Crippen LogP) is 6.22. The predicted molar refractivity (Wildman–Crippen MR) is 102 cm³/mol. The van der Waals surface area contributed by atoms with Crippen molar-refractivity contribution in [3.63, 3.8) is 0 Å². The van der Waals surface area contributed by atoms with Gasteiger partial charge in [-0.1, -0.05) is 19.9 Å². The van der Waals surface area contributed by atoms with Gasteiger partial charge in [-0.25, -0.2) is 12.1 Å². The zero-order chi connectivity index (χ0) is 16.7. The average Bonchev–Trinajstić information content (AvgIpc) is 3.31. The number of alkyl halides is 1. The molecule has 0 radical (unpaired) electrons. The second kappa shape index (κ2) is 10.5. The summed E-state index contributed by atoms with van der Waals surface area (Å²) in [5.74, 6) is 0. The maximum Gasteiger partial charge on any atom is 2.00 e. The summed E-state index contributed by atoms with van der Waals surface area (Å²) < 4.78 is 2.12. The molecule has 0 amide bonds. The van der Waals surface area contributed by atoms with E-state index in [-0.39, 0.29) is 26.2 Å². The van der Waals surface area contributed by atoms with Crippen molar-refractivity contribution in [1.82, 2.24) is 4.57 Å². The molecule has 24 heavy (non-hydrogen) atoms. The number of halogens is 1. The topological polar surface area (TPSA) is 4.93 Å². The van der Waals surface area contributed by atoms with E-state index in [1.165, 1.54) is 34.0 Å². The molecule has 1 aromatic heterocycles. The van der Waals surface area contributed by atoms with Gasteiger partial charge < -0.3 is 4.57 Å². The second-order valence-corrected chi connectivity index (χ2v) is 5.32. The van der Waals surface area contributed by atoms with E-state index in [9.17, 15) is 0 Å². The van der Waals surface area contributed by atoms with Crippen molar-refractivity contribution in [2.75, 3.05) is 6.38 Å². The van der Waals surface area contributed by atoms with Crippen LogP contribution in [-0.2, 0) is 26.2 Å². The van der Waals surface area contributed by atoms with Crippen LogP contribution in [0.25, 0.3) is 16.5 Å². The summed E-state index contributed by atoms with van der Waals surface area (Å²) in [6.45, 7) is 4.24. The molecule has 4 aromatic rings. The maximum absolute atomic E-state index is 4.64. The number of hydrogen-bond acceptors (Lipinski definition) is 0. The molecule has 1 heterocycles. The maximum atomic E-state index is 4.64. The summed E-state index contributed by atoms with van der Waals surface area (Å²) in [6.07, 6.45) is 5.60. The minimum Gasteiger partial charge on any atom is -0.342 e. The summed E-state index contributed by atoms with van der Waals surface area (Å²) in [6, 6.07) is 23.2. The fourth-order valence-electron chi connectivity index (χ4n) is 2.39. The van der Waals surface area contributed by atoms with E-state index in [0.717, 1.165) is 0 Å². The summed E-state index contributed by atoms with van der Waals surface area (Å²) in [5.41, 5.74) is 4.01. The van der Waals surface area contributed by atoms with Crippen LogP contribution in [-0.4, -0.2) is 11.0 Å². The van der Waals surface area contributed by atoms with Crippen LogP contribution in [0, 0.1) is 13.8 Å². The second-order valence-electron chi connectivity index (χ2n) is 5.32. The molecule has 3 aromatic carbocycles. The Bertz CT molecular complexity index is 775. The molecule has 1 nitrogen and oxygen atoms in total. The van der Waals surface area contributed by atoms with E-state index in [4.69, 9.17) is 0 Å². The van der Waals surface area contributed by atoms with Crippen molar-refractivity contribution in [3.8, 4) is 5.69 Å². The molecule has 0 aliphatic rings. The Hall–Kier alpha value is -1.37. The number of fused-ring (bicyclic) bond motifs is 1. The van der Waals surface area contributed by atoms with E-state index in [0.29, 0.717) is 0 Å². The first-order chi connectivity index (χ1) is 11.2. The SMILES string of the molecule is CCl.Cc1ccc[c-]1C.[Zr+2].c1ccc2[cH-]c(-n3cccc3)cc2c1. The van der Waals surface area contributed by atoms with Gasteiger partial charge in [0, 0.05) is 18.8 Å². The summed E-state index contributed by atoms with van der Waals surface area (Å²) in [5, 5.41) is 2.60. The summed E-state index contributed by atoms with van der Waals surface area (Å²) >= 11 is 4.64. The minimum atomic E-state index is 0. The van der Waals surface area contributed by atoms with Crippen LogP contribution in [0.3, 0.4) is 0 Å². The van der Waals surface area contributed by atoms with Crippen LogP contribution < -0.4 is 0 Å². The van der Waals surface area contributed by atoms with Gasteiger partial charge in [-0.15, -0.1) is 52.7 Å². The Morgan fingerprint density at radius 2 is 1.62 bits per heavy atom. The molecule has 0 fully saturated rings. The molecule has 0 atom stereocenters. The molecule has 3 heteroatoms. The number of hydrogen-bond donors (Lipinski definition) is 0. The number of benzene rings is 1. The Kier molecular flexibility index (Phi) is 9.04. The molecule has 0 bridgehead atoms. The first-order valence-electron chi connectivity index (χ1n) is 7.59. The number of aromatic nitrogens is 1. The van der Waals surface area contributed by atoms with Gasteiger partial charge in [-0.3, -0.25) is 0 Å². The van der Waals surface area contributed by atoms with Crippen molar-refractivity contribution < 1.29 is 26.2 Å². The average molecular weight is 415 g/mol. The van der Waals surface area contributed by atoms with E-state index in [1.807, 2.05) is 12.1 Å².